The van der Waals surface area contributed by atoms with E-state index in [0.29, 0.717) is 16.9 Å². The summed E-state index contributed by atoms with van der Waals surface area (Å²) in [5, 5.41) is 0. The van der Waals surface area contributed by atoms with Crippen LogP contribution in [0.2, 0.25) is 0 Å². The number of thiazole rings is 1. The molecule has 0 atom stereocenters. The maximum atomic E-state index is 14.1. The van der Waals surface area contributed by atoms with Gasteiger partial charge in [0.25, 0.3) is 5.91 Å². The van der Waals surface area contributed by atoms with Crippen molar-refractivity contribution in [2.45, 2.75) is 6.54 Å². The number of rotatable bonds is 4. The average Bonchev–Trinajstić information content (AvgIpc) is 2.93. The van der Waals surface area contributed by atoms with Crippen LogP contribution in [0.5, 0.6) is 0 Å². The van der Waals surface area contributed by atoms with Crippen molar-refractivity contribution in [1.82, 2.24) is 4.57 Å². The lowest BCUT2D eigenvalue weighted by atomic mass is 10.2. The normalized spacial score (nSPS) is 12.1. The van der Waals surface area contributed by atoms with Crippen LogP contribution < -0.4 is 4.80 Å². The van der Waals surface area contributed by atoms with Crippen LogP contribution in [0.4, 0.5) is 4.39 Å². The lowest BCUT2D eigenvalue weighted by Gasteiger charge is -2.01. The summed E-state index contributed by atoms with van der Waals surface area (Å²) in [5.74, 6) is -0.719. The number of carbonyl (C=O) groups is 1. The van der Waals surface area contributed by atoms with Crippen molar-refractivity contribution in [3.8, 4) is 0 Å². The minimum absolute atomic E-state index is 0.334. The second-order valence-corrected chi connectivity index (χ2v) is 6.07. The fraction of sp³-hybridized carbons (Fsp3) is 0.0526. The summed E-state index contributed by atoms with van der Waals surface area (Å²) in [7, 11) is 0. The minimum atomic E-state index is -0.386. The van der Waals surface area contributed by atoms with Crippen LogP contribution in [0.1, 0.15) is 5.56 Å². The van der Waals surface area contributed by atoms with Gasteiger partial charge in [-0.25, -0.2) is 4.39 Å². The number of allylic oxidation sites excluding steroid dienone is 1. The number of fused-ring (bicyclic) bond motifs is 1. The van der Waals surface area contributed by atoms with Gasteiger partial charge in [-0.3, -0.25) is 4.79 Å². The molecule has 5 heteroatoms. The number of hydrogen-bond donors (Lipinski definition) is 0. The molecule has 0 aliphatic heterocycles. The number of benzene rings is 2. The first kappa shape index (κ1) is 16.1. The first-order chi connectivity index (χ1) is 11.7. The number of para-hydroxylation sites is 1. The van der Waals surface area contributed by atoms with E-state index in [1.54, 1.807) is 22.8 Å². The molecule has 0 aliphatic rings. The van der Waals surface area contributed by atoms with Crippen LogP contribution in [0.25, 0.3) is 16.3 Å². The quantitative estimate of drug-likeness (QED) is 0.519. The molecule has 3 rings (SSSR count). The molecule has 3 nitrogen and oxygen atoms in total. The first-order valence-electron chi connectivity index (χ1n) is 7.39. The molecule has 0 N–H and O–H groups in total. The summed E-state index contributed by atoms with van der Waals surface area (Å²) in [4.78, 5) is 16.7. The van der Waals surface area contributed by atoms with Crippen LogP contribution in [0.15, 0.2) is 72.3 Å². The molecule has 120 valence electrons. The zero-order valence-corrected chi connectivity index (χ0v) is 13.7. The van der Waals surface area contributed by atoms with E-state index in [1.807, 2.05) is 36.4 Å². The van der Waals surface area contributed by atoms with E-state index >= 15 is 0 Å². The molecule has 0 spiro atoms. The van der Waals surface area contributed by atoms with Crippen LogP contribution >= 0.6 is 11.3 Å². The highest BCUT2D eigenvalue weighted by molar-refractivity contribution is 7.16. The Kier molecular flexibility index (Phi) is 4.82. The summed E-state index contributed by atoms with van der Waals surface area (Å²) < 4.78 is 16.5. The number of halogens is 1. The second-order valence-electron chi connectivity index (χ2n) is 5.06. The van der Waals surface area contributed by atoms with Gasteiger partial charge in [0.2, 0.25) is 0 Å². The fourth-order valence-electron chi connectivity index (χ4n) is 2.33. The summed E-state index contributed by atoms with van der Waals surface area (Å²) in [5.41, 5.74) is 1.36. The van der Waals surface area contributed by atoms with Gasteiger partial charge in [0.05, 0.1) is 10.2 Å². The monoisotopic (exact) mass is 338 g/mol. The molecule has 1 heterocycles. The Morgan fingerprint density at radius 3 is 2.75 bits per heavy atom. The lowest BCUT2D eigenvalue weighted by Crippen LogP contribution is -2.16. The van der Waals surface area contributed by atoms with Gasteiger partial charge in [0.1, 0.15) is 5.82 Å². The van der Waals surface area contributed by atoms with E-state index < -0.39 is 0 Å². The molecule has 1 aromatic heterocycles. The molecule has 2 aromatic carbocycles. The Morgan fingerprint density at radius 2 is 2.00 bits per heavy atom. The van der Waals surface area contributed by atoms with Crippen LogP contribution in [0, 0.1) is 5.82 Å². The Labute approximate surface area is 142 Å². The van der Waals surface area contributed by atoms with E-state index in [1.165, 1.54) is 23.5 Å². The Bertz CT molecular complexity index is 984. The van der Waals surface area contributed by atoms with Crippen molar-refractivity contribution in [3.05, 3.63) is 83.4 Å². The zero-order chi connectivity index (χ0) is 16.9. The number of amides is 1. The molecular formula is C19H15FN2OS. The highest BCUT2D eigenvalue weighted by Crippen LogP contribution is 2.20. The molecule has 0 fully saturated rings. The Hall–Kier alpha value is -2.79. The summed E-state index contributed by atoms with van der Waals surface area (Å²) in [6.07, 6.45) is 4.77. The van der Waals surface area contributed by atoms with Gasteiger partial charge in [-0.1, -0.05) is 53.8 Å². The highest BCUT2D eigenvalue weighted by atomic mass is 32.1. The average molecular weight is 338 g/mol. The van der Waals surface area contributed by atoms with E-state index in [4.69, 9.17) is 0 Å². The third-order valence-electron chi connectivity index (χ3n) is 3.39. The molecule has 0 unspecified atom stereocenters. The van der Waals surface area contributed by atoms with E-state index in [0.717, 1.165) is 10.3 Å². The molecule has 3 aromatic rings. The molecule has 1 amide bonds. The predicted molar refractivity (Wildman–Crippen MR) is 96.0 cm³/mol. The van der Waals surface area contributed by atoms with Crippen LogP contribution in [-0.4, -0.2) is 10.5 Å². The van der Waals surface area contributed by atoms with Gasteiger partial charge in [0, 0.05) is 12.6 Å². The van der Waals surface area contributed by atoms with Crippen LogP contribution in [-0.2, 0) is 11.3 Å². The molecule has 0 radical (unpaired) electrons. The smallest absolute Gasteiger partial charge is 0.272 e. The van der Waals surface area contributed by atoms with Crippen molar-refractivity contribution in [1.29, 1.82) is 0 Å². The summed E-state index contributed by atoms with van der Waals surface area (Å²) in [6.45, 7) is 4.07. The number of hydrogen-bond acceptors (Lipinski definition) is 2. The largest absolute Gasteiger partial charge is 0.310 e. The van der Waals surface area contributed by atoms with Gasteiger partial charge in [-0.05, 0) is 23.8 Å². The van der Waals surface area contributed by atoms with Gasteiger partial charge in [-0.2, -0.15) is 4.99 Å². The van der Waals surface area contributed by atoms with Crippen molar-refractivity contribution < 1.29 is 9.18 Å². The van der Waals surface area contributed by atoms with Crippen molar-refractivity contribution in [2.24, 2.45) is 4.99 Å². The van der Waals surface area contributed by atoms with Gasteiger partial charge in [-0.15, -0.1) is 6.58 Å². The predicted octanol–water partition coefficient (Wildman–Crippen LogP) is 4.17. The van der Waals surface area contributed by atoms with Gasteiger partial charge >= 0.3 is 0 Å². The van der Waals surface area contributed by atoms with Gasteiger partial charge in [0.15, 0.2) is 4.80 Å². The van der Waals surface area contributed by atoms with E-state index in [-0.39, 0.29) is 11.7 Å². The number of nitrogens with zero attached hydrogens (tertiary/aromatic N) is 2. The molecular weight excluding hydrogens is 323 g/mol. The lowest BCUT2D eigenvalue weighted by molar-refractivity contribution is -0.113. The first-order valence-corrected chi connectivity index (χ1v) is 8.21. The number of aromatic nitrogens is 1. The Balaban J connectivity index is 2.01. The topological polar surface area (TPSA) is 34.4 Å². The number of carbonyl (C=O) groups excluding carboxylic acids is 1. The van der Waals surface area contributed by atoms with Gasteiger partial charge < -0.3 is 4.57 Å². The summed E-state index contributed by atoms with van der Waals surface area (Å²) in [6, 6.07) is 14.4. The molecule has 24 heavy (non-hydrogen) atoms. The van der Waals surface area contributed by atoms with Crippen molar-refractivity contribution in [2.75, 3.05) is 0 Å². The molecule has 0 bridgehead atoms. The SMILES string of the molecule is C=CCn1c(=NC(=O)C=Cc2ccccc2)sc2cccc(F)c21. The summed E-state index contributed by atoms with van der Waals surface area (Å²) >= 11 is 1.28. The van der Waals surface area contributed by atoms with Crippen molar-refractivity contribution in [3.63, 3.8) is 0 Å². The molecule has 0 saturated heterocycles. The molecule has 0 aliphatic carbocycles. The van der Waals surface area contributed by atoms with Crippen LogP contribution in [0.3, 0.4) is 0 Å². The maximum Gasteiger partial charge on any atom is 0.272 e. The highest BCUT2D eigenvalue weighted by Gasteiger charge is 2.10. The standard InChI is InChI=1S/C19H15FN2OS/c1-2-13-22-18-15(20)9-6-10-16(18)24-19(22)21-17(23)12-11-14-7-4-3-5-8-14/h2-12H,1,13H2. The second kappa shape index (κ2) is 7.19. The minimum Gasteiger partial charge on any atom is -0.310 e. The zero-order valence-electron chi connectivity index (χ0n) is 12.9. The van der Waals surface area contributed by atoms with E-state index in [9.17, 15) is 9.18 Å². The van der Waals surface area contributed by atoms with Crippen molar-refractivity contribution >= 4 is 33.5 Å². The van der Waals surface area contributed by atoms with E-state index in [2.05, 4.69) is 11.6 Å². The Morgan fingerprint density at radius 1 is 1.21 bits per heavy atom. The molecule has 0 saturated carbocycles. The third-order valence-corrected chi connectivity index (χ3v) is 4.43. The third kappa shape index (κ3) is 3.41. The maximum absolute atomic E-state index is 14.1. The fourth-order valence-corrected chi connectivity index (χ4v) is 3.39.